The van der Waals surface area contributed by atoms with E-state index in [1.54, 1.807) is 0 Å². The highest BCUT2D eigenvalue weighted by Gasteiger charge is 2.32. The van der Waals surface area contributed by atoms with Crippen LogP contribution < -0.4 is 5.32 Å². The molecule has 0 bridgehead atoms. The fourth-order valence-electron chi connectivity index (χ4n) is 2.89. The topological polar surface area (TPSA) is 24.5 Å². The van der Waals surface area contributed by atoms with Crippen LogP contribution in [0, 0.1) is 5.92 Å². The van der Waals surface area contributed by atoms with Gasteiger partial charge in [0.15, 0.2) is 0 Å². The second-order valence-corrected chi connectivity index (χ2v) is 5.50. The monoisotopic (exact) mass is 242 g/mol. The average Bonchev–Trinajstić information content (AvgIpc) is 2.77. The Labute approximate surface area is 107 Å². The van der Waals surface area contributed by atoms with E-state index in [0.717, 1.165) is 31.7 Å². The molecule has 1 saturated heterocycles. The summed E-state index contributed by atoms with van der Waals surface area (Å²) in [7, 11) is 1.81. The molecule has 1 heterocycles. The molecule has 0 amide bonds. The van der Waals surface area contributed by atoms with E-state index in [1.165, 1.54) is 25.8 Å². The van der Waals surface area contributed by atoms with Crippen LogP contribution in [0.25, 0.3) is 0 Å². The second kappa shape index (κ2) is 8.06. The standard InChI is InChI=1S/C14H30N2O/c1-5-8-15-10-13(11-17-4)16-9-6-7-14(16)12(2)3/h12-15H,5-11H2,1-4H3. The predicted molar refractivity (Wildman–Crippen MR) is 73.4 cm³/mol. The van der Waals surface area contributed by atoms with Crippen LogP contribution in [0.4, 0.5) is 0 Å². The molecular weight excluding hydrogens is 212 g/mol. The highest BCUT2D eigenvalue weighted by Crippen LogP contribution is 2.25. The van der Waals surface area contributed by atoms with Gasteiger partial charge in [0.2, 0.25) is 0 Å². The lowest BCUT2D eigenvalue weighted by atomic mass is 10.0. The Morgan fingerprint density at radius 1 is 1.41 bits per heavy atom. The third-order valence-electron chi connectivity index (χ3n) is 3.75. The normalized spacial score (nSPS) is 23.5. The maximum Gasteiger partial charge on any atom is 0.0630 e. The number of rotatable bonds is 8. The summed E-state index contributed by atoms with van der Waals surface area (Å²) in [6.45, 7) is 11.2. The average molecular weight is 242 g/mol. The van der Waals surface area contributed by atoms with Gasteiger partial charge in [0, 0.05) is 25.7 Å². The van der Waals surface area contributed by atoms with Gasteiger partial charge in [-0.2, -0.15) is 0 Å². The third kappa shape index (κ3) is 4.57. The maximum absolute atomic E-state index is 5.39. The van der Waals surface area contributed by atoms with Gasteiger partial charge in [-0.25, -0.2) is 0 Å². The molecule has 1 fully saturated rings. The van der Waals surface area contributed by atoms with Gasteiger partial charge in [0.1, 0.15) is 0 Å². The summed E-state index contributed by atoms with van der Waals surface area (Å²) in [6.07, 6.45) is 3.90. The van der Waals surface area contributed by atoms with Crippen molar-refractivity contribution in [2.75, 3.05) is 33.4 Å². The third-order valence-corrected chi connectivity index (χ3v) is 3.75. The molecule has 2 unspecified atom stereocenters. The molecule has 1 rings (SSSR count). The van der Waals surface area contributed by atoms with Gasteiger partial charge >= 0.3 is 0 Å². The Morgan fingerprint density at radius 2 is 2.18 bits per heavy atom. The lowest BCUT2D eigenvalue weighted by Gasteiger charge is -2.35. The SMILES string of the molecule is CCCNCC(COC)N1CCCC1C(C)C. The van der Waals surface area contributed by atoms with E-state index in [-0.39, 0.29) is 0 Å². The molecule has 0 aliphatic carbocycles. The summed E-state index contributed by atoms with van der Waals surface area (Å²) < 4.78 is 5.39. The molecular formula is C14H30N2O. The molecule has 2 atom stereocenters. The minimum absolute atomic E-state index is 0.543. The maximum atomic E-state index is 5.39. The van der Waals surface area contributed by atoms with Crippen LogP contribution in [-0.2, 0) is 4.74 Å². The Bertz CT molecular complexity index is 197. The van der Waals surface area contributed by atoms with E-state index in [0.29, 0.717) is 6.04 Å². The smallest absolute Gasteiger partial charge is 0.0630 e. The molecule has 3 nitrogen and oxygen atoms in total. The van der Waals surface area contributed by atoms with Gasteiger partial charge < -0.3 is 10.1 Å². The summed E-state index contributed by atoms with van der Waals surface area (Å²) in [5, 5.41) is 3.53. The van der Waals surface area contributed by atoms with Crippen molar-refractivity contribution in [2.45, 2.75) is 52.1 Å². The van der Waals surface area contributed by atoms with Crippen molar-refractivity contribution >= 4 is 0 Å². The van der Waals surface area contributed by atoms with Gasteiger partial charge in [-0.05, 0) is 38.3 Å². The van der Waals surface area contributed by atoms with Gasteiger partial charge in [-0.15, -0.1) is 0 Å². The van der Waals surface area contributed by atoms with Crippen LogP contribution in [-0.4, -0.2) is 50.3 Å². The summed E-state index contributed by atoms with van der Waals surface area (Å²) >= 11 is 0. The summed E-state index contributed by atoms with van der Waals surface area (Å²) in [6, 6.07) is 1.29. The van der Waals surface area contributed by atoms with Crippen LogP contribution in [0.5, 0.6) is 0 Å². The van der Waals surface area contributed by atoms with E-state index in [4.69, 9.17) is 4.74 Å². The molecule has 0 spiro atoms. The Balaban J connectivity index is 2.49. The number of ether oxygens (including phenoxy) is 1. The molecule has 1 aliphatic heterocycles. The van der Waals surface area contributed by atoms with Crippen molar-refractivity contribution < 1.29 is 4.74 Å². The van der Waals surface area contributed by atoms with Gasteiger partial charge in [0.25, 0.3) is 0 Å². The second-order valence-electron chi connectivity index (χ2n) is 5.50. The van der Waals surface area contributed by atoms with Crippen LogP contribution >= 0.6 is 0 Å². The van der Waals surface area contributed by atoms with Crippen LogP contribution in [0.1, 0.15) is 40.0 Å². The minimum atomic E-state index is 0.543. The van der Waals surface area contributed by atoms with Crippen molar-refractivity contribution in [3.8, 4) is 0 Å². The zero-order valence-electron chi connectivity index (χ0n) is 12.0. The molecule has 1 N–H and O–H groups in total. The van der Waals surface area contributed by atoms with Crippen molar-refractivity contribution in [1.82, 2.24) is 10.2 Å². The van der Waals surface area contributed by atoms with E-state index < -0.39 is 0 Å². The Hall–Kier alpha value is -0.120. The van der Waals surface area contributed by atoms with Gasteiger partial charge in [-0.1, -0.05) is 20.8 Å². The fourth-order valence-corrected chi connectivity index (χ4v) is 2.89. The molecule has 0 aromatic heterocycles. The van der Waals surface area contributed by atoms with Gasteiger partial charge in [-0.3, -0.25) is 4.90 Å². The largest absolute Gasteiger partial charge is 0.383 e. The number of hydrogen-bond donors (Lipinski definition) is 1. The van der Waals surface area contributed by atoms with Crippen LogP contribution in [0.2, 0.25) is 0 Å². The molecule has 0 aromatic rings. The molecule has 102 valence electrons. The quantitative estimate of drug-likeness (QED) is 0.660. The number of hydrogen-bond acceptors (Lipinski definition) is 3. The van der Waals surface area contributed by atoms with Gasteiger partial charge in [0.05, 0.1) is 6.61 Å². The lowest BCUT2D eigenvalue weighted by molar-refractivity contribution is 0.0684. The van der Waals surface area contributed by atoms with E-state index >= 15 is 0 Å². The molecule has 17 heavy (non-hydrogen) atoms. The van der Waals surface area contributed by atoms with E-state index in [9.17, 15) is 0 Å². The molecule has 3 heteroatoms. The van der Waals surface area contributed by atoms with Crippen molar-refractivity contribution in [2.24, 2.45) is 5.92 Å². The number of likely N-dealkylation sites (tertiary alicyclic amines) is 1. The lowest BCUT2D eigenvalue weighted by Crippen LogP contribution is -2.49. The van der Waals surface area contributed by atoms with Crippen molar-refractivity contribution in [3.05, 3.63) is 0 Å². The Morgan fingerprint density at radius 3 is 2.76 bits per heavy atom. The molecule has 0 saturated carbocycles. The number of nitrogens with one attached hydrogen (secondary N) is 1. The summed E-state index contributed by atoms with van der Waals surface area (Å²) in [5.41, 5.74) is 0. The zero-order valence-corrected chi connectivity index (χ0v) is 12.0. The predicted octanol–water partition coefficient (Wildman–Crippen LogP) is 2.12. The van der Waals surface area contributed by atoms with Crippen LogP contribution in [0.15, 0.2) is 0 Å². The first-order valence-corrected chi connectivity index (χ1v) is 7.16. The highest BCUT2D eigenvalue weighted by atomic mass is 16.5. The first-order valence-electron chi connectivity index (χ1n) is 7.16. The first kappa shape index (κ1) is 14.9. The number of nitrogens with zero attached hydrogens (tertiary/aromatic N) is 1. The van der Waals surface area contributed by atoms with Crippen molar-refractivity contribution in [3.63, 3.8) is 0 Å². The number of methoxy groups -OCH3 is 1. The van der Waals surface area contributed by atoms with E-state index in [1.807, 2.05) is 7.11 Å². The fraction of sp³-hybridized carbons (Fsp3) is 1.00. The molecule has 1 aliphatic rings. The van der Waals surface area contributed by atoms with Crippen LogP contribution in [0.3, 0.4) is 0 Å². The highest BCUT2D eigenvalue weighted by molar-refractivity contribution is 4.87. The summed E-state index contributed by atoms with van der Waals surface area (Å²) in [5.74, 6) is 0.753. The molecule has 0 aromatic carbocycles. The molecule has 0 radical (unpaired) electrons. The minimum Gasteiger partial charge on any atom is -0.383 e. The summed E-state index contributed by atoms with van der Waals surface area (Å²) in [4.78, 5) is 2.66. The zero-order chi connectivity index (χ0) is 12.7. The van der Waals surface area contributed by atoms with E-state index in [2.05, 4.69) is 31.0 Å². The Kier molecular flexibility index (Phi) is 7.09. The first-order chi connectivity index (χ1) is 8.20. The van der Waals surface area contributed by atoms with Crippen molar-refractivity contribution in [1.29, 1.82) is 0 Å².